The zero-order valence-corrected chi connectivity index (χ0v) is 16.0. The first-order valence-electron chi connectivity index (χ1n) is 9.05. The highest BCUT2D eigenvalue weighted by atomic mass is 32.2. The number of nitrogens with one attached hydrogen (secondary N) is 2. The Morgan fingerprint density at radius 2 is 2.04 bits per heavy atom. The molecule has 6 nitrogen and oxygen atoms in total. The number of methoxy groups -OCH3 is 2. The molecule has 2 aliphatic heterocycles. The van der Waals surface area contributed by atoms with E-state index in [-0.39, 0.29) is 24.2 Å². The molecule has 8 unspecified atom stereocenters. The highest BCUT2D eigenvalue weighted by Gasteiger charge is 2.39. The molecule has 3 rings (SSSR count). The lowest BCUT2D eigenvalue weighted by Gasteiger charge is -2.40. The van der Waals surface area contributed by atoms with Gasteiger partial charge in [0.25, 0.3) is 0 Å². The molecule has 138 valence electrons. The van der Waals surface area contributed by atoms with E-state index in [9.17, 15) is 4.21 Å². The van der Waals surface area contributed by atoms with Gasteiger partial charge >= 0.3 is 0 Å². The summed E-state index contributed by atoms with van der Waals surface area (Å²) in [5.74, 6) is 1.41. The number of ether oxygens (including phenoxy) is 2. The Morgan fingerprint density at radius 1 is 1.25 bits per heavy atom. The average Bonchev–Trinajstić information content (AvgIpc) is 3.01. The van der Waals surface area contributed by atoms with Crippen LogP contribution in [0.5, 0.6) is 0 Å². The summed E-state index contributed by atoms with van der Waals surface area (Å²) in [6, 6.07) is 0.746. The lowest BCUT2D eigenvalue weighted by molar-refractivity contribution is -0.0136. The summed E-state index contributed by atoms with van der Waals surface area (Å²) < 4.78 is 24.0. The number of aliphatic imine (C=N–C) groups is 1. The first-order chi connectivity index (χ1) is 11.5. The Hall–Kier alpha value is -0.500. The molecule has 1 aliphatic carbocycles. The van der Waals surface area contributed by atoms with E-state index in [2.05, 4.69) is 24.5 Å². The summed E-state index contributed by atoms with van der Waals surface area (Å²) in [7, 11) is 2.45. The van der Waals surface area contributed by atoms with Crippen molar-refractivity contribution in [3.8, 4) is 0 Å². The van der Waals surface area contributed by atoms with Crippen molar-refractivity contribution >= 4 is 16.0 Å². The van der Waals surface area contributed by atoms with Gasteiger partial charge < -0.3 is 20.1 Å². The van der Waals surface area contributed by atoms with Gasteiger partial charge in [-0.05, 0) is 31.1 Å². The van der Waals surface area contributed by atoms with Crippen LogP contribution in [0, 0.1) is 11.8 Å². The zero-order valence-electron chi connectivity index (χ0n) is 15.2. The van der Waals surface area contributed by atoms with E-state index in [1.807, 2.05) is 0 Å². The van der Waals surface area contributed by atoms with Crippen molar-refractivity contribution in [3.63, 3.8) is 0 Å². The minimum Gasteiger partial charge on any atom is -0.381 e. The van der Waals surface area contributed by atoms with Crippen molar-refractivity contribution in [2.45, 2.75) is 63.4 Å². The highest BCUT2D eigenvalue weighted by Crippen LogP contribution is 2.28. The maximum atomic E-state index is 12.8. The molecular weight excluding hydrogens is 326 g/mol. The van der Waals surface area contributed by atoms with Crippen LogP contribution in [0.15, 0.2) is 4.99 Å². The van der Waals surface area contributed by atoms with Crippen molar-refractivity contribution in [2.75, 3.05) is 26.5 Å². The molecule has 1 saturated carbocycles. The largest absolute Gasteiger partial charge is 0.381 e. The van der Waals surface area contributed by atoms with Gasteiger partial charge in [0, 0.05) is 32.6 Å². The number of hydrogen-bond acceptors (Lipinski definition) is 6. The predicted octanol–water partition coefficient (Wildman–Crippen LogP) is 0.889. The fourth-order valence-electron chi connectivity index (χ4n) is 4.40. The molecule has 8 atom stereocenters. The Kier molecular flexibility index (Phi) is 5.95. The fraction of sp³-hybridized carbons (Fsp3) is 0.941. The summed E-state index contributed by atoms with van der Waals surface area (Å²) in [4.78, 5) is 4.71. The van der Waals surface area contributed by atoms with Crippen LogP contribution in [0.25, 0.3) is 0 Å². The summed E-state index contributed by atoms with van der Waals surface area (Å²) in [5, 5.41) is 7.63. The van der Waals surface area contributed by atoms with Gasteiger partial charge in [0.2, 0.25) is 0 Å². The van der Waals surface area contributed by atoms with E-state index in [4.69, 9.17) is 14.5 Å². The smallest absolute Gasteiger partial charge is 0.188 e. The summed E-state index contributed by atoms with van der Waals surface area (Å²) in [5.41, 5.74) is 0. The maximum absolute atomic E-state index is 12.8. The van der Waals surface area contributed by atoms with E-state index >= 15 is 0 Å². The van der Waals surface area contributed by atoms with Crippen molar-refractivity contribution in [1.82, 2.24) is 10.6 Å². The predicted molar refractivity (Wildman–Crippen MR) is 96.7 cm³/mol. The van der Waals surface area contributed by atoms with E-state index in [1.165, 1.54) is 0 Å². The van der Waals surface area contributed by atoms with Gasteiger partial charge in [-0.3, -0.25) is 9.20 Å². The van der Waals surface area contributed by atoms with E-state index in [1.54, 1.807) is 14.2 Å². The van der Waals surface area contributed by atoms with Gasteiger partial charge in [0.15, 0.2) is 5.17 Å². The summed E-state index contributed by atoms with van der Waals surface area (Å²) >= 11 is 0. The molecule has 0 radical (unpaired) electrons. The van der Waals surface area contributed by atoms with Crippen LogP contribution in [-0.2, 0) is 20.3 Å². The summed E-state index contributed by atoms with van der Waals surface area (Å²) in [6.45, 7) is 5.29. The van der Waals surface area contributed by atoms with Gasteiger partial charge in [-0.1, -0.05) is 13.8 Å². The van der Waals surface area contributed by atoms with Crippen molar-refractivity contribution in [2.24, 2.45) is 16.8 Å². The zero-order chi connectivity index (χ0) is 17.3. The minimum atomic E-state index is -1.09. The van der Waals surface area contributed by atoms with Crippen molar-refractivity contribution in [3.05, 3.63) is 0 Å². The van der Waals surface area contributed by atoms with Gasteiger partial charge in [-0.25, -0.2) is 0 Å². The van der Waals surface area contributed by atoms with E-state index in [0.29, 0.717) is 28.9 Å². The molecule has 2 fully saturated rings. The van der Waals surface area contributed by atoms with Crippen molar-refractivity contribution in [1.29, 1.82) is 0 Å². The van der Waals surface area contributed by atoms with Gasteiger partial charge in [0.1, 0.15) is 0 Å². The van der Waals surface area contributed by atoms with Crippen LogP contribution in [-0.4, -0.2) is 66.2 Å². The molecule has 0 spiro atoms. The normalized spacial score (nSPS) is 43.7. The first-order valence-corrected chi connectivity index (χ1v) is 10.4. The maximum Gasteiger partial charge on any atom is 0.188 e. The number of amidine groups is 1. The Labute approximate surface area is 147 Å². The van der Waals surface area contributed by atoms with Crippen LogP contribution in [0.2, 0.25) is 0 Å². The standard InChI is InChI=1S/C17H31N3O3S/c1-10-8-18-15(11(2)16(10)23-4)9-24(21)17-19-13-6-5-12(22-3)7-14(13)20-17/h10-16,18H,5-9H2,1-4H3,(H,19,20). The Bertz CT molecular complexity index is 501. The molecule has 0 bridgehead atoms. The van der Waals surface area contributed by atoms with Gasteiger partial charge in [0.05, 0.1) is 35.1 Å². The molecular formula is C17H31N3O3S. The third-order valence-electron chi connectivity index (χ3n) is 5.93. The monoisotopic (exact) mass is 357 g/mol. The Morgan fingerprint density at radius 3 is 2.75 bits per heavy atom. The fourth-order valence-corrected chi connectivity index (χ4v) is 5.84. The quantitative estimate of drug-likeness (QED) is 0.782. The third-order valence-corrected chi connectivity index (χ3v) is 7.24. The number of fused-ring (bicyclic) bond motifs is 1. The number of rotatable bonds is 4. The second-order valence-corrected chi connectivity index (χ2v) is 8.90. The van der Waals surface area contributed by atoms with Crippen LogP contribution in [0.4, 0.5) is 0 Å². The third kappa shape index (κ3) is 3.69. The molecule has 0 amide bonds. The molecule has 3 aliphatic rings. The van der Waals surface area contributed by atoms with Crippen LogP contribution >= 0.6 is 0 Å². The number of hydrogen-bond donors (Lipinski definition) is 2. The molecule has 0 aromatic carbocycles. The molecule has 2 N–H and O–H groups in total. The van der Waals surface area contributed by atoms with Gasteiger partial charge in [-0.15, -0.1) is 0 Å². The molecule has 1 saturated heterocycles. The lowest BCUT2D eigenvalue weighted by atomic mass is 9.84. The van der Waals surface area contributed by atoms with Crippen LogP contribution in [0.1, 0.15) is 33.1 Å². The number of nitrogens with zero attached hydrogens (tertiary/aromatic N) is 1. The highest BCUT2D eigenvalue weighted by molar-refractivity contribution is 8.00. The topological polar surface area (TPSA) is 72.0 Å². The Balaban J connectivity index is 1.58. The molecule has 0 aromatic rings. The second-order valence-electron chi connectivity index (χ2n) is 7.49. The number of piperidine rings is 1. The molecule has 2 heterocycles. The van der Waals surface area contributed by atoms with Crippen molar-refractivity contribution < 1.29 is 13.7 Å². The minimum absolute atomic E-state index is 0.200. The van der Waals surface area contributed by atoms with Crippen LogP contribution < -0.4 is 10.6 Å². The lowest BCUT2D eigenvalue weighted by Crippen LogP contribution is -2.55. The molecule has 0 aromatic heterocycles. The first kappa shape index (κ1) is 18.3. The molecule has 7 heteroatoms. The molecule has 24 heavy (non-hydrogen) atoms. The van der Waals surface area contributed by atoms with Gasteiger partial charge in [-0.2, -0.15) is 0 Å². The van der Waals surface area contributed by atoms with Crippen LogP contribution in [0.3, 0.4) is 0 Å². The second kappa shape index (κ2) is 7.81. The van der Waals surface area contributed by atoms with E-state index < -0.39 is 10.8 Å². The SMILES string of the molecule is COC1CCC2N=C(S(=O)CC3NCC(C)C(OC)C3C)NC2C1. The average molecular weight is 358 g/mol. The van der Waals surface area contributed by atoms with E-state index in [0.717, 1.165) is 25.8 Å². The summed E-state index contributed by atoms with van der Waals surface area (Å²) in [6.07, 6.45) is 3.52.